The van der Waals surface area contributed by atoms with E-state index in [0.717, 1.165) is 10.2 Å². The van der Waals surface area contributed by atoms with Crippen LogP contribution in [0.15, 0.2) is 47.5 Å². The Morgan fingerprint density at radius 1 is 1.56 bits per heavy atom. The number of carbonyl (C=O) groups is 1. The lowest BCUT2D eigenvalue weighted by atomic mass is 10.2. The third kappa shape index (κ3) is 3.43. The number of benzene rings is 1. The van der Waals surface area contributed by atoms with E-state index in [1.807, 2.05) is 42.0 Å². The Morgan fingerprint density at radius 2 is 2.39 bits per heavy atom. The fourth-order valence-corrected chi connectivity index (χ4v) is 2.08. The smallest absolute Gasteiger partial charge is 0.226 e. The number of nitrogens with one attached hydrogen (secondary N) is 1. The van der Waals surface area contributed by atoms with E-state index in [9.17, 15) is 4.79 Å². The Labute approximate surface area is 114 Å². The predicted octanol–water partition coefficient (Wildman–Crippen LogP) is 3.24. The van der Waals surface area contributed by atoms with Crippen LogP contribution in [0.2, 0.25) is 0 Å². The van der Waals surface area contributed by atoms with Gasteiger partial charge in [0.1, 0.15) is 0 Å². The Kier molecular flexibility index (Phi) is 4.15. The van der Waals surface area contributed by atoms with Crippen LogP contribution in [0.1, 0.15) is 19.4 Å². The summed E-state index contributed by atoms with van der Waals surface area (Å²) in [5.41, 5.74) is 0.798. The summed E-state index contributed by atoms with van der Waals surface area (Å²) < 4.78 is 2.86. The van der Waals surface area contributed by atoms with Crippen LogP contribution in [-0.4, -0.2) is 15.5 Å². The van der Waals surface area contributed by atoms with Crippen molar-refractivity contribution in [1.29, 1.82) is 0 Å². The SMILES string of the molecule is C[C@@H](CC(=O)Nc1cccc(Br)c1)n1ccnc1. The van der Waals surface area contributed by atoms with Gasteiger partial charge in [-0.1, -0.05) is 22.0 Å². The van der Waals surface area contributed by atoms with E-state index in [4.69, 9.17) is 0 Å². The Bertz CT molecular complexity index is 525. The first kappa shape index (κ1) is 12.8. The number of carbonyl (C=O) groups excluding carboxylic acids is 1. The maximum atomic E-state index is 11.9. The van der Waals surface area contributed by atoms with Crippen LogP contribution in [-0.2, 0) is 4.79 Å². The lowest BCUT2D eigenvalue weighted by Gasteiger charge is -2.12. The molecule has 0 fully saturated rings. The predicted molar refractivity (Wildman–Crippen MR) is 74.3 cm³/mol. The molecule has 4 nitrogen and oxygen atoms in total. The van der Waals surface area contributed by atoms with E-state index in [1.54, 1.807) is 12.5 Å². The summed E-state index contributed by atoms with van der Waals surface area (Å²) in [5, 5.41) is 2.87. The van der Waals surface area contributed by atoms with Gasteiger partial charge < -0.3 is 9.88 Å². The normalized spacial score (nSPS) is 12.1. The molecule has 5 heteroatoms. The van der Waals surface area contributed by atoms with E-state index < -0.39 is 0 Å². The molecule has 1 aromatic carbocycles. The molecule has 0 aliphatic heterocycles. The molecule has 1 aromatic heterocycles. The molecule has 0 aliphatic carbocycles. The molecule has 0 aliphatic rings. The number of hydrogen-bond acceptors (Lipinski definition) is 2. The fraction of sp³-hybridized carbons (Fsp3) is 0.231. The van der Waals surface area contributed by atoms with Gasteiger partial charge in [0.05, 0.1) is 6.33 Å². The molecule has 1 amide bonds. The third-order valence-corrected chi connectivity index (χ3v) is 3.12. The summed E-state index contributed by atoms with van der Waals surface area (Å²) in [6, 6.07) is 7.65. The number of hydrogen-bond donors (Lipinski definition) is 1. The van der Waals surface area contributed by atoms with Gasteiger partial charge in [0.15, 0.2) is 0 Å². The van der Waals surface area contributed by atoms with Crippen LogP contribution in [0, 0.1) is 0 Å². The van der Waals surface area contributed by atoms with E-state index in [1.165, 1.54) is 0 Å². The van der Waals surface area contributed by atoms with Crippen LogP contribution < -0.4 is 5.32 Å². The van der Waals surface area contributed by atoms with Gasteiger partial charge >= 0.3 is 0 Å². The zero-order chi connectivity index (χ0) is 13.0. The Hall–Kier alpha value is -1.62. The molecule has 0 radical (unpaired) electrons. The monoisotopic (exact) mass is 307 g/mol. The summed E-state index contributed by atoms with van der Waals surface area (Å²) in [7, 11) is 0. The third-order valence-electron chi connectivity index (χ3n) is 2.62. The van der Waals surface area contributed by atoms with Gasteiger partial charge in [0.2, 0.25) is 5.91 Å². The molecular formula is C13H14BrN3O. The minimum absolute atomic E-state index is 0.00528. The number of rotatable bonds is 4. The van der Waals surface area contributed by atoms with Crippen LogP contribution in [0.4, 0.5) is 5.69 Å². The van der Waals surface area contributed by atoms with Crippen molar-refractivity contribution in [3.63, 3.8) is 0 Å². The number of imidazole rings is 1. The number of amides is 1. The second-order valence-electron chi connectivity index (χ2n) is 4.12. The fourth-order valence-electron chi connectivity index (χ4n) is 1.68. The van der Waals surface area contributed by atoms with Gasteiger partial charge in [0.25, 0.3) is 0 Å². The molecule has 0 saturated carbocycles. The van der Waals surface area contributed by atoms with Crippen molar-refractivity contribution in [3.05, 3.63) is 47.5 Å². The highest BCUT2D eigenvalue weighted by atomic mass is 79.9. The molecule has 0 spiro atoms. The van der Waals surface area contributed by atoms with Crippen LogP contribution >= 0.6 is 15.9 Å². The lowest BCUT2D eigenvalue weighted by Crippen LogP contribution is -2.16. The summed E-state index contributed by atoms with van der Waals surface area (Å²) >= 11 is 3.37. The highest BCUT2D eigenvalue weighted by molar-refractivity contribution is 9.10. The summed E-state index contributed by atoms with van der Waals surface area (Å²) in [6.07, 6.45) is 5.71. The quantitative estimate of drug-likeness (QED) is 0.942. The standard InChI is InChI=1S/C13H14BrN3O/c1-10(17-6-5-15-9-17)7-13(18)16-12-4-2-3-11(14)8-12/h2-6,8-10H,7H2,1H3,(H,16,18)/t10-/m0/s1. The molecule has 2 rings (SSSR count). The van der Waals surface area contributed by atoms with Gasteiger partial charge in [-0.25, -0.2) is 4.98 Å². The largest absolute Gasteiger partial charge is 0.334 e. The lowest BCUT2D eigenvalue weighted by molar-refractivity contribution is -0.116. The summed E-state index contributed by atoms with van der Waals surface area (Å²) in [5.74, 6) is -0.00528. The highest BCUT2D eigenvalue weighted by Crippen LogP contribution is 2.17. The van der Waals surface area contributed by atoms with Gasteiger partial charge in [0, 0.05) is 35.0 Å². The van der Waals surface area contributed by atoms with E-state index >= 15 is 0 Å². The van der Waals surface area contributed by atoms with Gasteiger partial charge in [-0.05, 0) is 25.1 Å². The minimum Gasteiger partial charge on any atom is -0.334 e. The highest BCUT2D eigenvalue weighted by Gasteiger charge is 2.10. The summed E-state index contributed by atoms with van der Waals surface area (Å²) in [6.45, 7) is 1.99. The summed E-state index contributed by atoms with van der Waals surface area (Å²) in [4.78, 5) is 15.8. The molecular weight excluding hydrogens is 294 g/mol. The maximum absolute atomic E-state index is 11.9. The van der Waals surface area contributed by atoms with Gasteiger partial charge in [-0.3, -0.25) is 4.79 Å². The molecule has 1 heterocycles. The van der Waals surface area contributed by atoms with Crippen molar-refractivity contribution < 1.29 is 4.79 Å². The van der Waals surface area contributed by atoms with Crippen molar-refractivity contribution in [2.24, 2.45) is 0 Å². The number of aromatic nitrogens is 2. The van der Waals surface area contributed by atoms with Crippen molar-refractivity contribution in [1.82, 2.24) is 9.55 Å². The number of halogens is 1. The maximum Gasteiger partial charge on any atom is 0.226 e. The van der Waals surface area contributed by atoms with E-state index in [0.29, 0.717) is 6.42 Å². The molecule has 0 unspecified atom stereocenters. The van der Waals surface area contributed by atoms with Gasteiger partial charge in [-0.15, -0.1) is 0 Å². The van der Waals surface area contributed by atoms with E-state index in [-0.39, 0.29) is 11.9 Å². The van der Waals surface area contributed by atoms with Gasteiger partial charge in [-0.2, -0.15) is 0 Å². The Balaban J connectivity index is 1.93. The Morgan fingerprint density at radius 3 is 3.06 bits per heavy atom. The number of anilines is 1. The van der Waals surface area contributed by atoms with Crippen molar-refractivity contribution in [2.45, 2.75) is 19.4 Å². The molecule has 2 aromatic rings. The van der Waals surface area contributed by atoms with Crippen LogP contribution in [0.3, 0.4) is 0 Å². The molecule has 0 saturated heterocycles. The van der Waals surface area contributed by atoms with E-state index in [2.05, 4.69) is 26.2 Å². The first-order chi connectivity index (χ1) is 8.65. The average molecular weight is 308 g/mol. The molecule has 18 heavy (non-hydrogen) atoms. The van der Waals surface area contributed by atoms with Crippen LogP contribution in [0.5, 0.6) is 0 Å². The molecule has 1 N–H and O–H groups in total. The second-order valence-corrected chi connectivity index (χ2v) is 5.04. The zero-order valence-electron chi connectivity index (χ0n) is 10.0. The number of nitrogens with zero attached hydrogens (tertiary/aromatic N) is 2. The second kappa shape index (κ2) is 5.82. The minimum atomic E-state index is -0.00528. The average Bonchev–Trinajstić information content (AvgIpc) is 2.81. The molecule has 1 atom stereocenters. The van der Waals surface area contributed by atoms with Crippen LogP contribution in [0.25, 0.3) is 0 Å². The zero-order valence-corrected chi connectivity index (χ0v) is 11.6. The first-order valence-corrected chi connectivity index (χ1v) is 6.47. The van der Waals surface area contributed by atoms with Crippen molar-refractivity contribution >= 4 is 27.5 Å². The molecule has 0 bridgehead atoms. The molecule has 94 valence electrons. The first-order valence-electron chi connectivity index (χ1n) is 5.68. The van der Waals surface area contributed by atoms with Crippen molar-refractivity contribution in [3.8, 4) is 0 Å². The topological polar surface area (TPSA) is 46.9 Å². The van der Waals surface area contributed by atoms with Crippen molar-refractivity contribution in [2.75, 3.05) is 5.32 Å².